The molecule has 1 N–H and O–H groups in total. The Labute approximate surface area is 181 Å². The van der Waals surface area contributed by atoms with Crippen molar-refractivity contribution >= 4 is 10.0 Å². The van der Waals surface area contributed by atoms with Crippen molar-refractivity contribution < 1.29 is 17.5 Å². The average Bonchev–Trinajstić information content (AvgIpc) is 3.44. The average molecular weight is 445 g/mol. The lowest BCUT2D eigenvalue weighted by molar-refractivity contribution is 0.321. The standard InChI is InChI=1S/C22H25FN4O3S/c1-2-30-22-11-10-18(14-19(22)23)31(28,29)25-15-16-13-21(20-9-5-6-12-24-20)27(26-16)17-7-3-4-8-17/h5-6,9-14,17,25H,2-4,7-8,15H2,1H3. The topological polar surface area (TPSA) is 86.1 Å². The maximum atomic E-state index is 14.1. The first kappa shape index (κ1) is 21.5. The van der Waals surface area contributed by atoms with Crippen LogP contribution in [0.15, 0.2) is 53.6 Å². The molecule has 0 bridgehead atoms. The Morgan fingerprint density at radius 1 is 1.19 bits per heavy atom. The van der Waals surface area contributed by atoms with Crippen LogP contribution in [0.1, 0.15) is 44.3 Å². The number of pyridine rings is 1. The first-order chi connectivity index (χ1) is 15.0. The lowest BCUT2D eigenvalue weighted by atomic mass is 10.2. The van der Waals surface area contributed by atoms with Gasteiger partial charge in [0.05, 0.1) is 41.2 Å². The van der Waals surface area contributed by atoms with Gasteiger partial charge in [-0.05, 0) is 56.2 Å². The van der Waals surface area contributed by atoms with E-state index in [1.54, 1.807) is 13.1 Å². The summed E-state index contributed by atoms with van der Waals surface area (Å²) in [6, 6.07) is 11.4. The molecule has 31 heavy (non-hydrogen) atoms. The quantitative estimate of drug-likeness (QED) is 0.566. The van der Waals surface area contributed by atoms with Gasteiger partial charge in [-0.25, -0.2) is 17.5 Å². The van der Waals surface area contributed by atoms with E-state index < -0.39 is 15.8 Å². The van der Waals surface area contributed by atoms with Crippen molar-refractivity contribution in [2.75, 3.05) is 6.61 Å². The third-order valence-corrected chi connectivity index (χ3v) is 6.74. The molecule has 0 unspecified atom stereocenters. The molecule has 164 valence electrons. The van der Waals surface area contributed by atoms with E-state index in [2.05, 4.69) is 14.8 Å². The molecule has 0 amide bonds. The van der Waals surface area contributed by atoms with Crippen LogP contribution in [0.5, 0.6) is 5.75 Å². The van der Waals surface area contributed by atoms with Crippen molar-refractivity contribution in [2.24, 2.45) is 0 Å². The third kappa shape index (κ3) is 4.77. The van der Waals surface area contributed by atoms with Gasteiger partial charge in [-0.15, -0.1) is 0 Å². The molecule has 0 saturated heterocycles. The van der Waals surface area contributed by atoms with Crippen molar-refractivity contribution in [1.82, 2.24) is 19.5 Å². The van der Waals surface area contributed by atoms with Crippen molar-refractivity contribution in [3.05, 3.63) is 60.2 Å². The van der Waals surface area contributed by atoms with Gasteiger partial charge in [0.15, 0.2) is 11.6 Å². The first-order valence-electron chi connectivity index (χ1n) is 10.4. The third-order valence-electron chi connectivity index (χ3n) is 5.34. The minimum atomic E-state index is -3.91. The van der Waals surface area contributed by atoms with E-state index in [0.717, 1.165) is 43.1 Å². The number of nitrogens with one attached hydrogen (secondary N) is 1. The number of halogens is 1. The Balaban J connectivity index is 1.56. The van der Waals surface area contributed by atoms with Crippen LogP contribution in [0.2, 0.25) is 0 Å². The van der Waals surface area contributed by atoms with Crippen molar-refractivity contribution in [2.45, 2.75) is 50.1 Å². The van der Waals surface area contributed by atoms with Crippen molar-refractivity contribution in [1.29, 1.82) is 0 Å². The Morgan fingerprint density at radius 2 is 2.00 bits per heavy atom. The van der Waals surface area contributed by atoms with Crippen LogP contribution in [0, 0.1) is 5.82 Å². The van der Waals surface area contributed by atoms with Gasteiger partial charge in [-0.2, -0.15) is 5.10 Å². The van der Waals surface area contributed by atoms with Crippen LogP contribution in [-0.4, -0.2) is 29.8 Å². The number of aromatic nitrogens is 3. The lowest BCUT2D eigenvalue weighted by Gasteiger charge is -2.13. The van der Waals surface area contributed by atoms with Crippen LogP contribution in [-0.2, 0) is 16.6 Å². The van der Waals surface area contributed by atoms with E-state index in [4.69, 9.17) is 4.74 Å². The van der Waals surface area contributed by atoms with E-state index in [-0.39, 0.29) is 23.2 Å². The molecule has 4 rings (SSSR count). The fourth-order valence-corrected chi connectivity index (χ4v) is 4.85. The molecule has 0 atom stereocenters. The minimum Gasteiger partial charge on any atom is -0.491 e. The molecular formula is C22H25FN4O3S. The summed E-state index contributed by atoms with van der Waals surface area (Å²) in [6.45, 7) is 2.02. The summed E-state index contributed by atoms with van der Waals surface area (Å²) >= 11 is 0. The maximum absolute atomic E-state index is 14.1. The molecule has 1 saturated carbocycles. The smallest absolute Gasteiger partial charge is 0.241 e. The summed E-state index contributed by atoms with van der Waals surface area (Å²) in [6.07, 6.45) is 6.11. The largest absolute Gasteiger partial charge is 0.491 e. The molecule has 1 aliphatic rings. The molecule has 2 aromatic heterocycles. The van der Waals surface area contributed by atoms with Crippen molar-refractivity contribution in [3.8, 4) is 17.1 Å². The molecular weight excluding hydrogens is 419 g/mol. The normalized spacial score (nSPS) is 14.8. The van der Waals surface area contributed by atoms with E-state index in [1.165, 1.54) is 12.1 Å². The number of sulfonamides is 1. The van der Waals surface area contributed by atoms with Crippen LogP contribution < -0.4 is 9.46 Å². The van der Waals surface area contributed by atoms with Gasteiger partial charge >= 0.3 is 0 Å². The van der Waals surface area contributed by atoms with Gasteiger partial charge in [0.1, 0.15) is 0 Å². The Bertz CT molecular complexity index is 1140. The zero-order valence-electron chi connectivity index (χ0n) is 17.3. The van der Waals surface area contributed by atoms with Gasteiger partial charge in [0.25, 0.3) is 0 Å². The predicted octanol–water partition coefficient (Wildman–Crippen LogP) is 4.08. The number of hydrogen-bond donors (Lipinski definition) is 1. The van der Waals surface area contributed by atoms with E-state index in [9.17, 15) is 12.8 Å². The van der Waals surface area contributed by atoms with Crippen LogP contribution in [0.4, 0.5) is 4.39 Å². The van der Waals surface area contributed by atoms with Crippen LogP contribution >= 0.6 is 0 Å². The van der Waals surface area contributed by atoms with Gasteiger partial charge in [-0.1, -0.05) is 18.9 Å². The summed E-state index contributed by atoms with van der Waals surface area (Å²) in [5.41, 5.74) is 2.25. The number of nitrogens with zero attached hydrogens (tertiary/aromatic N) is 3. The second kappa shape index (κ2) is 9.15. The number of rotatable bonds is 8. The van der Waals surface area contributed by atoms with Gasteiger partial charge < -0.3 is 4.74 Å². The van der Waals surface area contributed by atoms with E-state index >= 15 is 0 Å². The highest BCUT2D eigenvalue weighted by atomic mass is 32.2. The summed E-state index contributed by atoms with van der Waals surface area (Å²) in [4.78, 5) is 4.27. The molecule has 1 aliphatic carbocycles. The molecule has 3 aromatic rings. The SMILES string of the molecule is CCOc1ccc(S(=O)(=O)NCc2cc(-c3ccccn3)n(C3CCCC3)n2)cc1F. The molecule has 0 radical (unpaired) electrons. The molecule has 1 fully saturated rings. The van der Waals surface area contributed by atoms with Gasteiger partial charge in [-0.3, -0.25) is 9.67 Å². The zero-order valence-corrected chi connectivity index (χ0v) is 18.1. The summed E-state index contributed by atoms with van der Waals surface area (Å²) in [5.74, 6) is -0.690. The number of benzene rings is 1. The maximum Gasteiger partial charge on any atom is 0.241 e. The summed E-state index contributed by atoms with van der Waals surface area (Å²) < 4.78 is 49.1. The predicted molar refractivity (Wildman–Crippen MR) is 115 cm³/mol. The summed E-state index contributed by atoms with van der Waals surface area (Å²) in [5, 5.41) is 4.68. The Morgan fingerprint density at radius 3 is 2.68 bits per heavy atom. The molecule has 0 aliphatic heterocycles. The number of ether oxygens (including phenoxy) is 1. The Hall–Kier alpha value is -2.78. The lowest BCUT2D eigenvalue weighted by Crippen LogP contribution is -2.23. The van der Waals surface area contributed by atoms with Crippen LogP contribution in [0.25, 0.3) is 11.4 Å². The fraction of sp³-hybridized carbons (Fsp3) is 0.364. The molecule has 9 heteroatoms. The molecule has 2 heterocycles. The highest BCUT2D eigenvalue weighted by Gasteiger charge is 2.23. The van der Waals surface area contributed by atoms with Gasteiger partial charge in [0.2, 0.25) is 10.0 Å². The highest BCUT2D eigenvalue weighted by molar-refractivity contribution is 7.89. The summed E-state index contributed by atoms with van der Waals surface area (Å²) in [7, 11) is -3.91. The molecule has 1 aromatic carbocycles. The minimum absolute atomic E-state index is 0.00326. The zero-order chi connectivity index (χ0) is 21.8. The second-order valence-corrected chi connectivity index (χ2v) is 9.24. The highest BCUT2D eigenvalue weighted by Crippen LogP contribution is 2.33. The molecule has 7 nitrogen and oxygen atoms in total. The van der Waals surface area contributed by atoms with E-state index in [0.29, 0.717) is 12.3 Å². The molecule has 0 spiro atoms. The monoisotopic (exact) mass is 444 g/mol. The van der Waals surface area contributed by atoms with E-state index in [1.807, 2.05) is 28.9 Å². The van der Waals surface area contributed by atoms with Crippen molar-refractivity contribution in [3.63, 3.8) is 0 Å². The first-order valence-corrected chi connectivity index (χ1v) is 11.9. The number of hydrogen-bond acceptors (Lipinski definition) is 5. The second-order valence-electron chi connectivity index (χ2n) is 7.47. The fourth-order valence-electron chi connectivity index (χ4n) is 3.84. The van der Waals surface area contributed by atoms with Gasteiger partial charge in [0, 0.05) is 6.20 Å². The Kier molecular flexibility index (Phi) is 6.33. The van der Waals surface area contributed by atoms with Crippen LogP contribution in [0.3, 0.4) is 0 Å².